The van der Waals surface area contributed by atoms with E-state index in [1.807, 2.05) is 0 Å². The van der Waals surface area contributed by atoms with Gasteiger partial charge in [0.15, 0.2) is 9.84 Å². The number of carbonyl (C=O) groups is 2. The zero-order valence-corrected chi connectivity index (χ0v) is 15.4. The summed E-state index contributed by atoms with van der Waals surface area (Å²) in [5, 5.41) is 2.75. The standard InChI is InChI=1S/C17H16ClNO5S/c1-10-8-12(24-11(2)20)4-6-14(10)17(21)19-16-7-5-13(9-15(16)18)25(3,22)23/h4-9H,1-3H3,(H,19,21). The Kier molecular flexibility index (Phi) is 5.49. The van der Waals surface area contributed by atoms with Gasteiger partial charge in [0.2, 0.25) is 0 Å². The minimum Gasteiger partial charge on any atom is -0.427 e. The van der Waals surface area contributed by atoms with Crippen LogP contribution in [0.3, 0.4) is 0 Å². The monoisotopic (exact) mass is 381 g/mol. The Morgan fingerprint density at radius 1 is 1.12 bits per heavy atom. The predicted molar refractivity (Wildman–Crippen MR) is 95.0 cm³/mol. The summed E-state index contributed by atoms with van der Waals surface area (Å²) in [6, 6.07) is 8.69. The molecule has 0 bridgehead atoms. The van der Waals surface area contributed by atoms with Gasteiger partial charge in [0, 0.05) is 18.7 Å². The molecule has 2 aromatic carbocycles. The van der Waals surface area contributed by atoms with Gasteiger partial charge in [-0.1, -0.05) is 11.6 Å². The average molecular weight is 382 g/mol. The van der Waals surface area contributed by atoms with Gasteiger partial charge in [-0.15, -0.1) is 0 Å². The smallest absolute Gasteiger partial charge is 0.308 e. The second-order valence-electron chi connectivity index (χ2n) is 5.44. The van der Waals surface area contributed by atoms with Crippen LogP contribution in [0.15, 0.2) is 41.3 Å². The summed E-state index contributed by atoms with van der Waals surface area (Å²) in [6.45, 7) is 2.99. The van der Waals surface area contributed by atoms with E-state index in [0.717, 1.165) is 6.26 Å². The molecule has 1 N–H and O–H groups in total. The molecule has 25 heavy (non-hydrogen) atoms. The van der Waals surface area contributed by atoms with E-state index in [-0.39, 0.29) is 9.92 Å². The van der Waals surface area contributed by atoms with E-state index in [9.17, 15) is 18.0 Å². The van der Waals surface area contributed by atoms with Crippen molar-refractivity contribution in [1.29, 1.82) is 0 Å². The molecule has 6 nitrogen and oxygen atoms in total. The molecule has 0 aromatic heterocycles. The predicted octanol–water partition coefficient (Wildman–Crippen LogP) is 3.23. The fraction of sp³-hybridized carbons (Fsp3) is 0.176. The van der Waals surface area contributed by atoms with Gasteiger partial charge in [-0.25, -0.2) is 8.42 Å². The zero-order chi connectivity index (χ0) is 18.8. The molecular formula is C17H16ClNO5S. The summed E-state index contributed by atoms with van der Waals surface area (Å²) in [7, 11) is -3.38. The Hall–Kier alpha value is -2.38. The Morgan fingerprint density at radius 2 is 1.80 bits per heavy atom. The SMILES string of the molecule is CC(=O)Oc1ccc(C(=O)Nc2ccc(S(C)(=O)=O)cc2Cl)c(C)c1. The van der Waals surface area contributed by atoms with E-state index < -0.39 is 21.7 Å². The third-order valence-electron chi connectivity index (χ3n) is 3.32. The van der Waals surface area contributed by atoms with Gasteiger partial charge in [0.25, 0.3) is 5.91 Å². The number of halogens is 1. The number of rotatable bonds is 4. The van der Waals surface area contributed by atoms with Gasteiger partial charge in [-0.05, 0) is 48.9 Å². The molecule has 0 spiro atoms. The van der Waals surface area contributed by atoms with Crippen LogP contribution in [0.5, 0.6) is 5.75 Å². The van der Waals surface area contributed by atoms with Crippen molar-refractivity contribution in [3.05, 3.63) is 52.5 Å². The van der Waals surface area contributed by atoms with E-state index >= 15 is 0 Å². The average Bonchev–Trinajstić information content (AvgIpc) is 2.47. The number of hydrogen-bond donors (Lipinski definition) is 1. The molecule has 0 aliphatic rings. The van der Waals surface area contributed by atoms with E-state index in [1.165, 1.54) is 37.3 Å². The Balaban J connectivity index is 2.24. The van der Waals surface area contributed by atoms with Crippen LogP contribution >= 0.6 is 11.6 Å². The lowest BCUT2D eigenvalue weighted by molar-refractivity contribution is -0.131. The van der Waals surface area contributed by atoms with E-state index in [1.54, 1.807) is 13.0 Å². The second kappa shape index (κ2) is 7.25. The Labute approximate surface area is 150 Å². The maximum absolute atomic E-state index is 12.4. The fourth-order valence-corrected chi connectivity index (χ4v) is 3.08. The molecule has 0 fully saturated rings. The van der Waals surface area contributed by atoms with E-state index in [2.05, 4.69) is 5.32 Å². The third kappa shape index (κ3) is 4.80. The van der Waals surface area contributed by atoms with Crippen LogP contribution in [0.25, 0.3) is 0 Å². The number of aryl methyl sites for hydroxylation is 1. The molecule has 0 aliphatic heterocycles. The van der Waals surface area contributed by atoms with Crippen molar-refractivity contribution in [2.75, 3.05) is 11.6 Å². The normalized spacial score (nSPS) is 11.0. The molecule has 8 heteroatoms. The molecule has 0 unspecified atom stereocenters. The van der Waals surface area contributed by atoms with Gasteiger partial charge in [0.05, 0.1) is 15.6 Å². The van der Waals surface area contributed by atoms with Crippen LogP contribution in [-0.4, -0.2) is 26.6 Å². The number of ether oxygens (including phenoxy) is 1. The van der Waals surface area contributed by atoms with Gasteiger partial charge < -0.3 is 10.1 Å². The first-order valence-electron chi connectivity index (χ1n) is 7.18. The Morgan fingerprint density at radius 3 is 2.32 bits per heavy atom. The maximum atomic E-state index is 12.4. The van der Waals surface area contributed by atoms with Crippen molar-refractivity contribution < 1.29 is 22.7 Å². The van der Waals surface area contributed by atoms with Crippen molar-refractivity contribution in [2.24, 2.45) is 0 Å². The molecule has 2 rings (SSSR count). The number of amides is 1. The number of hydrogen-bond acceptors (Lipinski definition) is 5. The van der Waals surface area contributed by atoms with E-state index in [0.29, 0.717) is 22.6 Å². The van der Waals surface area contributed by atoms with Gasteiger partial charge in [0.1, 0.15) is 5.75 Å². The summed E-state index contributed by atoms with van der Waals surface area (Å²) >= 11 is 6.05. The highest BCUT2D eigenvalue weighted by Crippen LogP contribution is 2.26. The number of sulfone groups is 1. The lowest BCUT2D eigenvalue weighted by atomic mass is 10.1. The molecular weight excluding hydrogens is 366 g/mol. The fourth-order valence-electron chi connectivity index (χ4n) is 2.14. The second-order valence-corrected chi connectivity index (χ2v) is 7.86. The molecule has 2 aromatic rings. The van der Waals surface area contributed by atoms with Crippen LogP contribution in [0.1, 0.15) is 22.8 Å². The number of carbonyl (C=O) groups excluding carboxylic acids is 2. The van der Waals surface area contributed by atoms with E-state index in [4.69, 9.17) is 16.3 Å². The maximum Gasteiger partial charge on any atom is 0.308 e. The molecule has 0 saturated carbocycles. The number of anilines is 1. The minimum absolute atomic E-state index is 0.0670. The first kappa shape index (κ1) is 19.0. The summed E-state index contributed by atoms with van der Waals surface area (Å²) in [4.78, 5) is 23.4. The molecule has 0 aliphatic carbocycles. The van der Waals surface area contributed by atoms with Crippen molar-refractivity contribution in [3.8, 4) is 5.75 Å². The molecule has 0 radical (unpaired) electrons. The number of esters is 1. The van der Waals surface area contributed by atoms with Crippen LogP contribution in [0, 0.1) is 6.92 Å². The van der Waals surface area contributed by atoms with Crippen molar-refractivity contribution in [3.63, 3.8) is 0 Å². The minimum atomic E-state index is -3.38. The van der Waals surface area contributed by atoms with Crippen LogP contribution in [0.2, 0.25) is 5.02 Å². The highest BCUT2D eigenvalue weighted by atomic mass is 35.5. The molecule has 1 amide bonds. The van der Waals surface area contributed by atoms with Crippen molar-refractivity contribution in [1.82, 2.24) is 0 Å². The van der Waals surface area contributed by atoms with Crippen molar-refractivity contribution >= 4 is 39.0 Å². The van der Waals surface area contributed by atoms with Gasteiger partial charge >= 0.3 is 5.97 Å². The Bertz CT molecular complexity index is 954. The van der Waals surface area contributed by atoms with Gasteiger partial charge in [-0.2, -0.15) is 0 Å². The summed E-state index contributed by atoms with van der Waals surface area (Å²) < 4.78 is 28.0. The number of benzene rings is 2. The quantitative estimate of drug-likeness (QED) is 0.648. The summed E-state index contributed by atoms with van der Waals surface area (Å²) in [6.07, 6.45) is 1.07. The zero-order valence-electron chi connectivity index (χ0n) is 13.8. The first-order valence-corrected chi connectivity index (χ1v) is 9.45. The van der Waals surface area contributed by atoms with Crippen LogP contribution in [0.4, 0.5) is 5.69 Å². The highest BCUT2D eigenvalue weighted by molar-refractivity contribution is 7.90. The van der Waals surface area contributed by atoms with Crippen LogP contribution in [-0.2, 0) is 14.6 Å². The molecule has 0 atom stereocenters. The molecule has 0 saturated heterocycles. The molecule has 0 heterocycles. The van der Waals surface area contributed by atoms with Crippen LogP contribution < -0.4 is 10.1 Å². The lowest BCUT2D eigenvalue weighted by Crippen LogP contribution is -2.14. The molecule has 132 valence electrons. The van der Waals surface area contributed by atoms with Gasteiger partial charge in [-0.3, -0.25) is 9.59 Å². The third-order valence-corrected chi connectivity index (χ3v) is 4.74. The number of nitrogens with one attached hydrogen (secondary N) is 1. The topological polar surface area (TPSA) is 89.5 Å². The first-order chi connectivity index (χ1) is 11.6. The van der Waals surface area contributed by atoms with Crippen molar-refractivity contribution in [2.45, 2.75) is 18.7 Å². The largest absolute Gasteiger partial charge is 0.427 e. The summed E-state index contributed by atoms with van der Waals surface area (Å²) in [5.74, 6) is -0.521. The summed E-state index contributed by atoms with van der Waals surface area (Å²) in [5.41, 5.74) is 1.28. The lowest BCUT2D eigenvalue weighted by Gasteiger charge is -2.11. The highest BCUT2D eigenvalue weighted by Gasteiger charge is 2.14.